The minimum absolute atomic E-state index is 0.169. The molecule has 0 amide bonds. The van der Waals surface area contributed by atoms with Gasteiger partial charge >= 0.3 is 0 Å². The van der Waals surface area contributed by atoms with Crippen LogP contribution in [0.1, 0.15) is 13.8 Å². The Bertz CT molecular complexity index is 132. The maximum Gasteiger partial charge on any atom is 0.100 e. The fraction of sp³-hybridized carbons (Fsp3) is 0.778. The molecule has 0 saturated carbocycles. The van der Waals surface area contributed by atoms with E-state index < -0.39 is 6.10 Å². The van der Waals surface area contributed by atoms with E-state index in [9.17, 15) is 0 Å². The number of hydrogen-bond acceptors (Lipinski definition) is 3. The van der Waals surface area contributed by atoms with E-state index in [1.807, 2.05) is 13.8 Å². The first-order valence-electron chi connectivity index (χ1n) is 4.12. The average Bonchev–Trinajstić information content (AvgIpc) is 2.03. The molecule has 0 rings (SSSR count). The van der Waals surface area contributed by atoms with Crippen LogP contribution >= 0.6 is 0 Å². The van der Waals surface area contributed by atoms with Crippen molar-refractivity contribution in [1.82, 2.24) is 0 Å². The Labute approximate surface area is 73.7 Å². The molecular formula is C9H18O3. The van der Waals surface area contributed by atoms with Crippen LogP contribution in [0, 0.1) is 5.92 Å². The van der Waals surface area contributed by atoms with Crippen molar-refractivity contribution in [2.45, 2.75) is 20.0 Å². The number of hydrogen-bond donors (Lipinski definition) is 2. The topological polar surface area (TPSA) is 49.7 Å². The van der Waals surface area contributed by atoms with Gasteiger partial charge in [0, 0.05) is 0 Å². The molecule has 0 spiro atoms. The predicted molar refractivity (Wildman–Crippen MR) is 47.9 cm³/mol. The monoisotopic (exact) mass is 174 g/mol. The summed E-state index contributed by atoms with van der Waals surface area (Å²) >= 11 is 0. The first-order chi connectivity index (χ1) is 5.57. The van der Waals surface area contributed by atoms with Crippen molar-refractivity contribution in [2.24, 2.45) is 5.92 Å². The SMILES string of the molecule is C=C(COC[C@H](O)CO)C(C)C. The molecule has 0 aliphatic heterocycles. The Hall–Kier alpha value is -0.380. The van der Waals surface area contributed by atoms with E-state index in [2.05, 4.69) is 6.58 Å². The number of aliphatic hydroxyl groups is 2. The van der Waals surface area contributed by atoms with Crippen molar-refractivity contribution in [3.05, 3.63) is 12.2 Å². The molecule has 0 unspecified atom stereocenters. The zero-order valence-corrected chi connectivity index (χ0v) is 7.79. The lowest BCUT2D eigenvalue weighted by molar-refractivity contribution is 0.0121. The zero-order chi connectivity index (χ0) is 9.56. The normalized spacial score (nSPS) is 13.4. The third kappa shape index (κ3) is 5.29. The predicted octanol–water partition coefficient (Wildman–Crippen LogP) is 0.568. The zero-order valence-electron chi connectivity index (χ0n) is 7.79. The first kappa shape index (κ1) is 11.6. The van der Waals surface area contributed by atoms with Gasteiger partial charge < -0.3 is 14.9 Å². The largest absolute Gasteiger partial charge is 0.394 e. The smallest absolute Gasteiger partial charge is 0.100 e. The summed E-state index contributed by atoms with van der Waals surface area (Å²) in [6.45, 7) is 8.25. The average molecular weight is 174 g/mol. The van der Waals surface area contributed by atoms with Crippen LogP contribution in [0.5, 0.6) is 0 Å². The van der Waals surface area contributed by atoms with Crippen molar-refractivity contribution >= 4 is 0 Å². The quantitative estimate of drug-likeness (QED) is 0.579. The molecule has 0 aromatic heterocycles. The standard InChI is InChI=1S/C9H18O3/c1-7(2)8(3)5-12-6-9(11)4-10/h7,9-11H,3-6H2,1-2H3/t9-/m1/s1. The van der Waals surface area contributed by atoms with Gasteiger partial charge in [-0.15, -0.1) is 0 Å². The highest BCUT2D eigenvalue weighted by molar-refractivity contribution is 4.97. The molecule has 0 heterocycles. The summed E-state index contributed by atoms with van der Waals surface area (Å²) in [5.74, 6) is 0.399. The van der Waals surface area contributed by atoms with Gasteiger partial charge in [0.05, 0.1) is 19.8 Å². The van der Waals surface area contributed by atoms with Crippen molar-refractivity contribution in [2.75, 3.05) is 19.8 Å². The molecule has 0 radical (unpaired) electrons. The molecule has 0 aromatic carbocycles. The van der Waals surface area contributed by atoms with Crippen LogP contribution in [0.2, 0.25) is 0 Å². The highest BCUT2D eigenvalue weighted by atomic mass is 16.5. The van der Waals surface area contributed by atoms with E-state index in [1.54, 1.807) is 0 Å². The Morgan fingerprint density at radius 3 is 2.50 bits per heavy atom. The fourth-order valence-corrected chi connectivity index (χ4v) is 0.545. The summed E-state index contributed by atoms with van der Waals surface area (Å²) in [5, 5.41) is 17.4. The molecule has 3 heteroatoms. The molecule has 12 heavy (non-hydrogen) atoms. The maximum atomic E-state index is 8.90. The van der Waals surface area contributed by atoms with E-state index in [4.69, 9.17) is 14.9 Å². The van der Waals surface area contributed by atoms with E-state index >= 15 is 0 Å². The molecule has 0 aliphatic rings. The van der Waals surface area contributed by atoms with Gasteiger partial charge in [-0.25, -0.2) is 0 Å². The van der Waals surface area contributed by atoms with E-state index in [0.717, 1.165) is 5.57 Å². The molecule has 0 aromatic rings. The molecule has 0 aliphatic carbocycles. The maximum absolute atomic E-state index is 8.90. The van der Waals surface area contributed by atoms with Gasteiger partial charge in [0.2, 0.25) is 0 Å². The molecule has 72 valence electrons. The van der Waals surface area contributed by atoms with Crippen molar-refractivity contribution in [3.63, 3.8) is 0 Å². The molecule has 0 fully saturated rings. The highest BCUT2D eigenvalue weighted by Gasteiger charge is 2.03. The lowest BCUT2D eigenvalue weighted by Crippen LogP contribution is -2.20. The second kappa shape index (κ2) is 6.17. The second-order valence-electron chi connectivity index (χ2n) is 3.16. The number of rotatable bonds is 6. The fourth-order valence-electron chi connectivity index (χ4n) is 0.545. The Morgan fingerprint density at radius 1 is 1.50 bits per heavy atom. The van der Waals surface area contributed by atoms with Gasteiger partial charge in [0.15, 0.2) is 0 Å². The number of aliphatic hydroxyl groups excluding tert-OH is 2. The summed E-state index contributed by atoms with van der Waals surface area (Å²) in [5.41, 5.74) is 1.00. The van der Waals surface area contributed by atoms with Gasteiger partial charge in [-0.05, 0) is 11.5 Å². The lowest BCUT2D eigenvalue weighted by Gasteiger charge is -2.11. The summed E-state index contributed by atoms with van der Waals surface area (Å²) in [6, 6.07) is 0. The van der Waals surface area contributed by atoms with E-state index in [0.29, 0.717) is 12.5 Å². The number of ether oxygens (including phenoxy) is 1. The van der Waals surface area contributed by atoms with E-state index in [-0.39, 0.29) is 13.2 Å². The molecule has 3 nitrogen and oxygen atoms in total. The van der Waals surface area contributed by atoms with Crippen LogP contribution in [0.3, 0.4) is 0 Å². The van der Waals surface area contributed by atoms with Crippen LogP contribution in [0.15, 0.2) is 12.2 Å². The van der Waals surface area contributed by atoms with Gasteiger partial charge in [0.25, 0.3) is 0 Å². The van der Waals surface area contributed by atoms with Crippen molar-refractivity contribution < 1.29 is 14.9 Å². The first-order valence-corrected chi connectivity index (χ1v) is 4.12. The van der Waals surface area contributed by atoms with Gasteiger partial charge in [-0.3, -0.25) is 0 Å². The summed E-state index contributed by atoms with van der Waals surface area (Å²) in [7, 11) is 0. The van der Waals surface area contributed by atoms with Crippen LogP contribution in [0.4, 0.5) is 0 Å². The minimum Gasteiger partial charge on any atom is -0.394 e. The molecule has 0 saturated heterocycles. The lowest BCUT2D eigenvalue weighted by atomic mass is 10.1. The molecular weight excluding hydrogens is 156 g/mol. The summed E-state index contributed by atoms with van der Waals surface area (Å²) in [6.07, 6.45) is -0.773. The van der Waals surface area contributed by atoms with Crippen LogP contribution in [-0.4, -0.2) is 36.1 Å². The Morgan fingerprint density at radius 2 is 2.08 bits per heavy atom. The third-order valence-corrected chi connectivity index (χ3v) is 1.62. The van der Waals surface area contributed by atoms with Gasteiger partial charge in [-0.2, -0.15) is 0 Å². The van der Waals surface area contributed by atoms with Crippen LogP contribution in [-0.2, 0) is 4.74 Å². The molecule has 2 N–H and O–H groups in total. The van der Waals surface area contributed by atoms with Crippen molar-refractivity contribution in [3.8, 4) is 0 Å². The Kier molecular flexibility index (Phi) is 5.98. The second-order valence-corrected chi connectivity index (χ2v) is 3.16. The van der Waals surface area contributed by atoms with E-state index in [1.165, 1.54) is 0 Å². The highest BCUT2D eigenvalue weighted by Crippen LogP contribution is 2.06. The van der Waals surface area contributed by atoms with Crippen LogP contribution < -0.4 is 0 Å². The van der Waals surface area contributed by atoms with Gasteiger partial charge in [0.1, 0.15) is 6.10 Å². The minimum atomic E-state index is -0.773. The van der Waals surface area contributed by atoms with Crippen molar-refractivity contribution in [1.29, 1.82) is 0 Å². The Balaban J connectivity index is 3.37. The summed E-state index contributed by atoms with van der Waals surface area (Å²) < 4.78 is 5.10. The van der Waals surface area contributed by atoms with Gasteiger partial charge in [-0.1, -0.05) is 20.4 Å². The third-order valence-electron chi connectivity index (χ3n) is 1.62. The molecule has 0 bridgehead atoms. The van der Waals surface area contributed by atoms with Crippen LogP contribution in [0.25, 0.3) is 0 Å². The molecule has 1 atom stereocenters. The summed E-state index contributed by atoms with van der Waals surface area (Å²) in [4.78, 5) is 0.